The molecule has 32 heavy (non-hydrogen) atoms. The summed E-state index contributed by atoms with van der Waals surface area (Å²) in [6.45, 7) is 1.86. The lowest BCUT2D eigenvalue weighted by Gasteiger charge is -2.35. The SMILES string of the molecule is COC(=O)c1cccc2c1c(C1CCCCC1)c(Br)n2CC(=O)N1CCC(N(C)C)CC1. The summed E-state index contributed by atoms with van der Waals surface area (Å²) >= 11 is 3.85. The molecule has 2 aromatic rings. The van der Waals surface area contributed by atoms with Crippen LogP contribution in [0, 0.1) is 0 Å². The van der Waals surface area contributed by atoms with Crippen molar-refractivity contribution < 1.29 is 14.3 Å². The Morgan fingerprint density at radius 1 is 1.09 bits per heavy atom. The average molecular weight is 504 g/mol. The van der Waals surface area contributed by atoms with E-state index in [4.69, 9.17) is 4.74 Å². The topological polar surface area (TPSA) is 54.8 Å². The van der Waals surface area contributed by atoms with Crippen LogP contribution in [0.2, 0.25) is 0 Å². The van der Waals surface area contributed by atoms with Gasteiger partial charge in [0, 0.05) is 24.5 Å². The summed E-state index contributed by atoms with van der Waals surface area (Å²) in [5.74, 6) is 0.200. The molecule has 7 heteroatoms. The van der Waals surface area contributed by atoms with Gasteiger partial charge >= 0.3 is 5.97 Å². The third kappa shape index (κ3) is 4.46. The predicted molar refractivity (Wildman–Crippen MR) is 130 cm³/mol. The number of rotatable bonds is 5. The maximum Gasteiger partial charge on any atom is 0.338 e. The Bertz CT molecular complexity index is 986. The van der Waals surface area contributed by atoms with Crippen LogP contribution in [-0.4, -0.2) is 66.6 Å². The molecule has 1 aromatic heterocycles. The zero-order chi connectivity index (χ0) is 22.8. The molecule has 2 aliphatic rings. The van der Waals surface area contributed by atoms with Gasteiger partial charge < -0.3 is 19.1 Å². The third-order valence-corrected chi connectivity index (χ3v) is 8.18. The molecule has 0 spiro atoms. The van der Waals surface area contributed by atoms with Crippen LogP contribution in [0.1, 0.15) is 66.8 Å². The lowest BCUT2D eigenvalue weighted by molar-refractivity contribution is -0.133. The smallest absolute Gasteiger partial charge is 0.338 e. The predicted octanol–water partition coefficient (Wildman–Crippen LogP) is 4.79. The van der Waals surface area contributed by atoms with Gasteiger partial charge in [-0.25, -0.2) is 4.79 Å². The summed E-state index contributed by atoms with van der Waals surface area (Å²) in [5, 5.41) is 0.942. The van der Waals surface area contributed by atoms with Gasteiger partial charge in [-0.15, -0.1) is 0 Å². The minimum atomic E-state index is -0.325. The number of carbonyl (C=O) groups is 2. The molecule has 0 atom stereocenters. The van der Waals surface area contributed by atoms with Crippen molar-refractivity contribution in [2.24, 2.45) is 0 Å². The molecule has 4 rings (SSSR count). The van der Waals surface area contributed by atoms with Gasteiger partial charge in [0.05, 0.1) is 22.8 Å². The number of methoxy groups -OCH3 is 1. The lowest BCUT2D eigenvalue weighted by Crippen LogP contribution is -2.45. The number of carbonyl (C=O) groups excluding carboxylic acids is 2. The first kappa shape index (κ1) is 23.3. The normalized spacial score (nSPS) is 18.5. The largest absolute Gasteiger partial charge is 0.465 e. The van der Waals surface area contributed by atoms with Crippen LogP contribution in [0.4, 0.5) is 0 Å². The second-order valence-electron chi connectivity index (χ2n) is 9.39. The van der Waals surface area contributed by atoms with E-state index in [-0.39, 0.29) is 18.4 Å². The number of piperidine rings is 1. The molecule has 1 aliphatic carbocycles. The van der Waals surface area contributed by atoms with Gasteiger partial charge in [0.2, 0.25) is 5.91 Å². The number of nitrogens with zero attached hydrogens (tertiary/aromatic N) is 3. The Morgan fingerprint density at radius 3 is 2.41 bits per heavy atom. The monoisotopic (exact) mass is 503 g/mol. The molecule has 1 aromatic carbocycles. The standard InChI is InChI=1S/C25H34BrN3O3/c1-27(2)18-12-14-28(15-13-18)21(30)16-29-20-11-7-10-19(25(31)32-3)23(20)22(24(29)26)17-8-5-4-6-9-17/h7,10-11,17-18H,4-6,8-9,12-16H2,1-3H3. The number of esters is 1. The fraction of sp³-hybridized carbons (Fsp3) is 0.600. The number of hydrogen-bond acceptors (Lipinski definition) is 4. The summed E-state index contributed by atoms with van der Waals surface area (Å²) in [6.07, 6.45) is 7.89. The first-order valence-electron chi connectivity index (χ1n) is 11.8. The molecule has 0 bridgehead atoms. The summed E-state index contributed by atoms with van der Waals surface area (Å²) in [5.41, 5.74) is 2.68. The number of amides is 1. The average Bonchev–Trinajstić information content (AvgIpc) is 3.10. The zero-order valence-electron chi connectivity index (χ0n) is 19.4. The lowest BCUT2D eigenvalue weighted by atomic mass is 9.83. The van der Waals surface area contributed by atoms with Crippen LogP contribution in [-0.2, 0) is 16.1 Å². The molecule has 0 unspecified atom stereocenters. The zero-order valence-corrected chi connectivity index (χ0v) is 21.0. The molecule has 1 amide bonds. The van der Waals surface area contributed by atoms with E-state index in [0.29, 0.717) is 17.5 Å². The van der Waals surface area contributed by atoms with E-state index in [9.17, 15) is 9.59 Å². The highest BCUT2D eigenvalue weighted by Crippen LogP contribution is 2.43. The molecule has 1 saturated heterocycles. The van der Waals surface area contributed by atoms with Crippen molar-refractivity contribution in [3.63, 3.8) is 0 Å². The van der Waals surface area contributed by atoms with E-state index in [1.165, 1.54) is 31.9 Å². The highest BCUT2D eigenvalue weighted by molar-refractivity contribution is 9.10. The Labute approximate surface area is 199 Å². The molecule has 2 heterocycles. The molecule has 0 radical (unpaired) electrons. The molecule has 1 aliphatic heterocycles. The Hall–Kier alpha value is -1.86. The Morgan fingerprint density at radius 2 is 1.78 bits per heavy atom. The van der Waals surface area contributed by atoms with Gasteiger partial charge in [0.25, 0.3) is 0 Å². The molecule has 174 valence electrons. The third-order valence-electron chi connectivity index (χ3n) is 7.32. The van der Waals surface area contributed by atoms with Crippen molar-refractivity contribution in [2.45, 2.75) is 63.5 Å². The minimum absolute atomic E-state index is 0.137. The van der Waals surface area contributed by atoms with Crippen LogP contribution in [0.3, 0.4) is 0 Å². The minimum Gasteiger partial charge on any atom is -0.465 e. The number of likely N-dealkylation sites (tertiary alicyclic amines) is 1. The van der Waals surface area contributed by atoms with Crippen molar-refractivity contribution >= 4 is 38.7 Å². The van der Waals surface area contributed by atoms with Crippen molar-refractivity contribution in [1.29, 1.82) is 0 Å². The first-order chi connectivity index (χ1) is 15.4. The number of aromatic nitrogens is 1. The summed E-state index contributed by atoms with van der Waals surface area (Å²) < 4.78 is 8.10. The maximum atomic E-state index is 13.3. The molecule has 0 N–H and O–H groups in total. The van der Waals surface area contributed by atoms with Crippen molar-refractivity contribution in [2.75, 3.05) is 34.3 Å². The van der Waals surface area contributed by atoms with Gasteiger partial charge in [0.1, 0.15) is 6.54 Å². The number of halogens is 1. The first-order valence-corrected chi connectivity index (χ1v) is 12.5. The fourth-order valence-corrected chi connectivity index (χ4v) is 6.31. The highest BCUT2D eigenvalue weighted by Gasteiger charge is 2.30. The van der Waals surface area contributed by atoms with Gasteiger partial charge in [0.15, 0.2) is 0 Å². The number of hydrogen-bond donors (Lipinski definition) is 0. The maximum absolute atomic E-state index is 13.3. The number of ether oxygens (including phenoxy) is 1. The summed E-state index contributed by atoms with van der Waals surface area (Å²) in [6, 6.07) is 6.28. The van der Waals surface area contributed by atoms with Gasteiger partial charge in [-0.3, -0.25) is 4.79 Å². The quantitative estimate of drug-likeness (QED) is 0.550. The van der Waals surface area contributed by atoms with Gasteiger partial charge in [-0.1, -0.05) is 25.3 Å². The van der Waals surface area contributed by atoms with Gasteiger partial charge in [-0.05, 0) is 79.3 Å². The second-order valence-corrected chi connectivity index (χ2v) is 10.1. The Balaban J connectivity index is 1.69. The van der Waals surface area contributed by atoms with Gasteiger partial charge in [-0.2, -0.15) is 0 Å². The van der Waals surface area contributed by atoms with E-state index in [0.717, 1.165) is 54.3 Å². The van der Waals surface area contributed by atoms with E-state index >= 15 is 0 Å². The van der Waals surface area contributed by atoms with Crippen LogP contribution in [0.25, 0.3) is 10.9 Å². The summed E-state index contributed by atoms with van der Waals surface area (Å²) in [4.78, 5) is 30.1. The van der Waals surface area contributed by atoms with Crippen LogP contribution >= 0.6 is 15.9 Å². The van der Waals surface area contributed by atoms with Crippen molar-refractivity contribution in [3.05, 3.63) is 33.9 Å². The van der Waals surface area contributed by atoms with E-state index in [1.807, 2.05) is 23.1 Å². The van der Waals surface area contributed by atoms with Crippen molar-refractivity contribution in [1.82, 2.24) is 14.4 Å². The molecular formula is C25H34BrN3O3. The van der Waals surface area contributed by atoms with E-state index in [1.54, 1.807) is 0 Å². The van der Waals surface area contributed by atoms with Crippen LogP contribution < -0.4 is 0 Å². The van der Waals surface area contributed by atoms with E-state index in [2.05, 4.69) is 39.5 Å². The fourth-order valence-electron chi connectivity index (χ4n) is 5.47. The molecule has 6 nitrogen and oxygen atoms in total. The number of fused-ring (bicyclic) bond motifs is 1. The van der Waals surface area contributed by atoms with Crippen molar-refractivity contribution in [3.8, 4) is 0 Å². The molecular weight excluding hydrogens is 470 g/mol. The van der Waals surface area contributed by atoms with Crippen LogP contribution in [0.15, 0.2) is 22.8 Å². The molecule has 2 fully saturated rings. The Kier molecular flexibility index (Phi) is 7.25. The highest BCUT2D eigenvalue weighted by atomic mass is 79.9. The molecule has 1 saturated carbocycles. The van der Waals surface area contributed by atoms with Crippen LogP contribution in [0.5, 0.6) is 0 Å². The van der Waals surface area contributed by atoms with E-state index < -0.39 is 0 Å². The summed E-state index contributed by atoms with van der Waals surface area (Å²) in [7, 11) is 5.64. The number of benzene rings is 1. The second kappa shape index (κ2) is 9.96.